The largest absolute Gasteiger partial charge is 0.379 e. The summed E-state index contributed by atoms with van der Waals surface area (Å²) in [6, 6.07) is 2.06. The first-order valence-electron chi connectivity index (χ1n) is 7.45. The van der Waals surface area contributed by atoms with Crippen LogP contribution in [0.2, 0.25) is 0 Å². The lowest BCUT2D eigenvalue weighted by molar-refractivity contribution is -0.0114. The minimum atomic E-state index is -0.460. The van der Waals surface area contributed by atoms with Crippen LogP contribution in [0.25, 0.3) is 0 Å². The average molecular weight is 271 g/mol. The zero-order chi connectivity index (χ0) is 14.3. The van der Waals surface area contributed by atoms with Crippen LogP contribution in [0.1, 0.15) is 46.5 Å². The molecule has 0 amide bonds. The molecule has 0 aliphatic carbocycles. The zero-order valence-corrected chi connectivity index (χ0v) is 12.7. The molecule has 0 rings (SSSR count). The maximum absolute atomic E-state index is 8.76. The highest BCUT2D eigenvalue weighted by Crippen LogP contribution is 2.12. The van der Waals surface area contributed by atoms with Crippen molar-refractivity contribution in [3.63, 3.8) is 0 Å². The fourth-order valence-electron chi connectivity index (χ4n) is 1.78. The van der Waals surface area contributed by atoms with E-state index in [4.69, 9.17) is 19.5 Å². The van der Waals surface area contributed by atoms with Crippen LogP contribution in [0.5, 0.6) is 0 Å². The summed E-state index contributed by atoms with van der Waals surface area (Å²) < 4.78 is 16.1. The quantitative estimate of drug-likeness (QED) is 0.483. The van der Waals surface area contributed by atoms with Gasteiger partial charge >= 0.3 is 0 Å². The van der Waals surface area contributed by atoms with E-state index in [2.05, 4.69) is 19.9 Å². The van der Waals surface area contributed by atoms with E-state index in [0.29, 0.717) is 32.3 Å². The van der Waals surface area contributed by atoms with Crippen molar-refractivity contribution in [3.8, 4) is 6.07 Å². The van der Waals surface area contributed by atoms with E-state index in [0.717, 1.165) is 6.61 Å². The monoisotopic (exact) mass is 271 g/mol. The molecule has 0 aromatic heterocycles. The molecule has 0 radical (unpaired) electrons. The second-order valence-corrected chi connectivity index (χ2v) is 4.64. The van der Waals surface area contributed by atoms with E-state index in [1.807, 2.05) is 6.92 Å². The summed E-state index contributed by atoms with van der Waals surface area (Å²) in [6.45, 7) is 9.07. The second kappa shape index (κ2) is 13.8. The summed E-state index contributed by atoms with van der Waals surface area (Å²) in [7, 11) is 0. The maximum Gasteiger partial charge on any atom is 0.167 e. The van der Waals surface area contributed by atoms with Crippen molar-refractivity contribution in [1.82, 2.24) is 0 Å². The van der Waals surface area contributed by atoms with Crippen LogP contribution in [-0.2, 0) is 14.2 Å². The first-order valence-corrected chi connectivity index (χ1v) is 7.45. The smallest absolute Gasteiger partial charge is 0.167 e. The number of hydrogen-bond donors (Lipinski definition) is 0. The predicted octanol–water partition coefficient (Wildman–Crippen LogP) is 3.16. The highest BCUT2D eigenvalue weighted by atomic mass is 16.5. The zero-order valence-electron chi connectivity index (χ0n) is 12.7. The lowest BCUT2D eigenvalue weighted by atomic mass is 10.0. The Balaban J connectivity index is 3.45. The number of hydrogen-bond acceptors (Lipinski definition) is 4. The van der Waals surface area contributed by atoms with Crippen LogP contribution in [0.15, 0.2) is 0 Å². The van der Waals surface area contributed by atoms with E-state index < -0.39 is 6.10 Å². The topological polar surface area (TPSA) is 51.5 Å². The van der Waals surface area contributed by atoms with Gasteiger partial charge in [-0.3, -0.25) is 0 Å². The third-order valence-electron chi connectivity index (χ3n) is 3.05. The van der Waals surface area contributed by atoms with Gasteiger partial charge in [-0.1, -0.05) is 33.1 Å². The molecule has 0 heterocycles. The average Bonchev–Trinajstić information content (AvgIpc) is 2.44. The van der Waals surface area contributed by atoms with Crippen molar-refractivity contribution in [2.45, 2.75) is 52.6 Å². The maximum atomic E-state index is 8.76. The van der Waals surface area contributed by atoms with Gasteiger partial charge in [-0.25, -0.2) is 0 Å². The third kappa shape index (κ3) is 10.9. The van der Waals surface area contributed by atoms with Gasteiger partial charge < -0.3 is 14.2 Å². The van der Waals surface area contributed by atoms with E-state index in [1.165, 1.54) is 25.7 Å². The Kier molecular flexibility index (Phi) is 13.3. The molecule has 0 spiro atoms. The first kappa shape index (κ1) is 18.4. The van der Waals surface area contributed by atoms with Crippen molar-refractivity contribution < 1.29 is 14.2 Å². The Labute approximate surface area is 118 Å². The standard InChI is InChI=1S/C15H29NO3/c1-4-7-8-14(5-2)12-17-9-10-18-13-15(11-16)19-6-3/h14-15H,4-10,12-13H2,1-3H3. The summed E-state index contributed by atoms with van der Waals surface area (Å²) in [4.78, 5) is 0. The third-order valence-corrected chi connectivity index (χ3v) is 3.05. The fourth-order valence-corrected chi connectivity index (χ4v) is 1.78. The molecule has 0 bridgehead atoms. The molecule has 4 nitrogen and oxygen atoms in total. The highest BCUT2D eigenvalue weighted by molar-refractivity contribution is 4.83. The minimum Gasteiger partial charge on any atom is -0.379 e. The second-order valence-electron chi connectivity index (χ2n) is 4.64. The molecule has 0 aromatic rings. The molecule has 2 unspecified atom stereocenters. The summed E-state index contributed by atoms with van der Waals surface area (Å²) in [5.41, 5.74) is 0. The lowest BCUT2D eigenvalue weighted by Crippen LogP contribution is -2.20. The van der Waals surface area contributed by atoms with Gasteiger partial charge in [-0.05, 0) is 19.3 Å². The lowest BCUT2D eigenvalue weighted by Gasteiger charge is -2.15. The van der Waals surface area contributed by atoms with E-state index in [9.17, 15) is 0 Å². The summed E-state index contributed by atoms with van der Waals surface area (Å²) in [6.07, 6.45) is 4.47. The SMILES string of the molecule is CCCCC(CC)COCCOCC(C#N)OCC. The van der Waals surface area contributed by atoms with Crippen LogP contribution in [-0.4, -0.2) is 39.1 Å². The molecule has 4 heteroatoms. The molecule has 0 aromatic carbocycles. The molecule has 0 fully saturated rings. The van der Waals surface area contributed by atoms with Crippen LogP contribution in [0, 0.1) is 17.2 Å². The molecule has 112 valence electrons. The molecule has 0 N–H and O–H groups in total. The molecule has 0 aliphatic rings. The van der Waals surface area contributed by atoms with Crippen molar-refractivity contribution in [2.24, 2.45) is 5.92 Å². The van der Waals surface area contributed by atoms with Crippen LogP contribution < -0.4 is 0 Å². The highest BCUT2D eigenvalue weighted by Gasteiger charge is 2.07. The predicted molar refractivity (Wildman–Crippen MR) is 76.0 cm³/mol. The molecule has 0 saturated carbocycles. The van der Waals surface area contributed by atoms with Crippen LogP contribution in [0.4, 0.5) is 0 Å². The van der Waals surface area contributed by atoms with Crippen LogP contribution >= 0.6 is 0 Å². The number of rotatable bonds is 13. The molecule has 0 saturated heterocycles. The summed E-state index contributed by atoms with van der Waals surface area (Å²) >= 11 is 0. The van der Waals surface area contributed by atoms with Crippen molar-refractivity contribution in [2.75, 3.05) is 33.0 Å². The molecular formula is C15H29NO3. The van der Waals surface area contributed by atoms with E-state index >= 15 is 0 Å². The van der Waals surface area contributed by atoms with Crippen molar-refractivity contribution >= 4 is 0 Å². The van der Waals surface area contributed by atoms with E-state index in [-0.39, 0.29) is 0 Å². The number of unbranched alkanes of at least 4 members (excludes halogenated alkanes) is 1. The summed E-state index contributed by atoms with van der Waals surface area (Å²) in [5.74, 6) is 0.662. The van der Waals surface area contributed by atoms with Gasteiger partial charge in [0.1, 0.15) is 0 Å². The molecule has 19 heavy (non-hydrogen) atoms. The Morgan fingerprint density at radius 2 is 1.74 bits per heavy atom. The first-order chi connectivity index (χ1) is 9.28. The van der Waals surface area contributed by atoms with Crippen LogP contribution in [0.3, 0.4) is 0 Å². The Bertz CT molecular complexity index is 228. The van der Waals surface area contributed by atoms with Crippen molar-refractivity contribution in [1.29, 1.82) is 5.26 Å². The Hall–Kier alpha value is -0.630. The van der Waals surface area contributed by atoms with Gasteiger partial charge in [0.05, 0.1) is 25.9 Å². The van der Waals surface area contributed by atoms with Gasteiger partial charge in [0, 0.05) is 13.2 Å². The van der Waals surface area contributed by atoms with Gasteiger partial charge in [0.15, 0.2) is 6.10 Å². The van der Waals surface area contributed by atoms with E-state index in [1.54, 1.807) is 0 Å². The minimum absolute atomic E-state index is 0.320. The van der Waals surface area contributed by atoms with Gasteiger partial charge in [0.25, 0.3) is 0 Å². The number of ether oxygens (including phenoxy) is 3. The molecule has 0 aliphatic heterocycles. The van der Waals surface area contributed by atoms with Crippen molar-refractivity contribution in [3.05, 3.63) is 0 Å². The fraction of sp³-hybridized carbons (Fsp3) is 0.933. The number of nitrogens with zero attached hydrogens (tertiary/aromatic N) is 1. The molecular weight excluding hydrogens is 242 g/mol. The Morgan fingerprint density at radius 3 is 2.26 bits per heavy atom. The normalized spacial score (nSPS) is 14.0. The molecule has 2 atom stereocenters. The number of nitriles is 1. The Morgan fingerprint density at radius 1 is 1.05 bits per heavy atom. The van der Waals surface area contributed by atoms with Gasteiger partial charge in [-0.15, -0.1) is 0 Å². The van der Waals surface area contributed by atoms with Gasteiger partial charge in [0.2, 0.25) is 0 Å². The van der Waals surface area contributed by atoms with Gasteiger partial charge in [-0.2, -0.15) is 5.26 Å². The summed E-state index contributed by atoms with van der Waals surface area (Å²) in [5, 5.41) is 8.76.